The average molecular weight is 808 g/mol. The molecule has 13 nitrogen and oxygen atoms in total. The third-order valence-electron chi connectivity index (χ3n) is 12.2. The molecule has 3 heterocycles. The summed E-state index contributed by atoms with van der Waals surface area (Å²) >= 11 is 6.47. The van der Waals surface area contributed by atoms with Crippen molar-refractivity contribution in [2.45, 2.75) is 75.7 Å². The van der Waals surface area contributed by atoms with Crippen LogP contribution in [0, 0.1) is 17.8 Å². The molecule has 2 aliphatic carbocycles. The van der Waals surface area contributed by atoms with Crippen LogP contribution < -0.4 is 19.1 Å². The topological polar surface area (TPSA) is 151 Å². The minimum atomic E-state index is -3.93. The molecule has 1 N–H and O–H groups in total. The van der Waals surface area contributed by atoms with E-state index in [4.69, 9.17) is 30.5 Å². The first kappa shape index (κ1) is 39.8. The monoisotopic (exact) mass is 807 g/mol. The minimum absolute atomic E-state index is 0.0140. The Morgan fingerprint density at radius 1 is 1.09 bits per heavy atom. The summed E-state index contributed by atoms with van der Waals surface area (Å²) in [6.45, 7) is 6.44. The number of methoxy groups -OCH3 is 2. The van der Waals surface area contributed by atoms with E-state index in [2.05, 4.69) is 31.2 Å². The number of rotatable bonds is 5. The van der Waals surface area contributed by atoms with Crippen molar-refractivity contribution in [2.75, 3.05) is 38.8 Å². The third-order valence-corrected chi connectivity index (χ3v) is 14.7. The van der Waals surface area contributed by atoms with Gasteiger partial charge in [-0.25, -0.2) is 4.21 Å². The van der Waals surface area contributed by atoms with Gasteiger partial charge in [-0.05, 0) is 98.4 Å². The van der Waals surface area contributed by atoms with E-state index >= 15 is 4.21 Å². The number of amides is 2. The molecule has 0 radical (unpaired) electrons. The highest BCUT2D eigenvalue weighted by Gasteiger charge is 2.45. The van der Waals surface area contributed by atoms with Gasteiger partial charge in [0.25, 0.3) is 11.8 Å². The fourth-order valence-electron chi connectivity index (χ4n) is 8.81. The fourth-order valence-corrected chi connectivity index (χ4v) is 10.9. The summed E-state index contributed by atoms with van der Waals surface area (Å²) in [6.07, 6.45) is 8.71. The van der Waals surface area contributed by atoms with Crippen LogP contribution in [0.3, 0.4) is 0 Å². The maximum Gasteiger partial charge on any atom is 0.303 e. The van der Waals surface area contributed by atoms with Crippen molar-refractivity contribution in [1.29, 1.82) is 0 Å². The molecule has 2 aromatic carbocycles. The Kier molecular flexibility index (Phi) is 11.3. The summed E-state index contributed by atoms with van der Waals surface area (Å²) in [6, 6.07) is 11.3. The zero-order valence-electron chi connectivity index (χ0n) is 32.7. The number of carbonyl (C=O) groups excluding carboxylic acids is 3. The van der Waals surface area contributed by atoms with E-state index in [0.717, 1.165) is 37.8 Å². The number of aromatic nitrogens is 2. The van der Waals surface area contributed by atoms with Crippen molar-refractivity contribution in [3.63, 3.8) is 0 Å². The normalized spacial score (nSPS) is 30.7. The van der Waals surface area contributed by atoms with E-state index in [1.54, 1.807) is 52.3 Å². The molecule has 1 aromatic heterocycles. The maximum atomic E-state index is 15.2. The van der Waals surface area contributed by atoms with Gasteiger partial charge >= 0.3 is 5.97 Å². The fraction of sp³-hybridized carbons (Fsp3) is 0.512. The van der Waals surface area contributed by atoms with Gasteiger partial charge in [-0.15, -0.1) is 9.46 Å². The molecule has 1 saturated carbocycles. The molecule has 15 heteroatoms. The zero-order chi connectivity index (χ0) is 39.9. The summed E-state index contributed by atoms with van der Waals surface area (Å²) < 4.78 is 47.3. The lowest BCUT2D eigenvalue weighted by Crippen LogP contribution is -2.49. The molecule has 2 aliphatic heterocycles. The highest BCUT2D eigenvalue weighted by atomic mass is 35.5. The Morgan fingerprint density at radius 2 is 1.88 bits per heavy atom. The molecule has 2 bridgehead atoms. The first-order chi connectivity index (χ1) is 26.7. The number of hydrogen-bond acceptors (Lipinski definition) is 10. The highest BCUT2D eigenvalue weighted by Crippen LogP contribution is 2.47. The quantitative estimate of drug-likeness (QED) is 0.238. The molecule has 3 aromatic rings. The van der Waals surface area contributed by atoms with Crippen LogP contribution in [0.4, 0.5) is 5.69 Å². The second-order valence-electron chi connectivity index (χ2n) is 15.6. The Hall–Kier alpha value is -4.40. The van der Waals surface area contributed by atoms with Gasteiger partial charge in [-0.2, -0.15) is 0 Å². The van der Waals surface area contributed by atoms with Gasteiger partial charge in [-0.3, -0.25) is 23.8 Å². The number of esters is 1. The predicted octanol–water partition coefficient (Wildman–Crippen LogP) is 6.08. The molecule has 8 atom stereocenters. The van der Waals surface area contributed by atoms with E-state index in [-0.39, 0.29) is 40.4 Å². The van der Waals surface area contributed by atoms with Crippen molar-refractivity contribution >= 4 is 45.0 Å². The second-order valence-corrected chi connectivity index (χ2v) is 18.3. The number of carbonyl (C=O) groups is 3. The molecule has 0 saturated heterocycles. The van der Waals surface area contributed by atoms with Gasteiger partial charge in [0.2, 0.25) is 5.88 Å². The largest absolute Gasteiger partial charge is 0.490 e. The number of nitrogens with one attached hydrogen (secondary N) is 1. The van der Waals surface area contributed by atoms with Crippen LogP contribution in [-0.2, 0) is 43.1 Å². The van der Waals surface area contributed by atoms with Crippen molar-refractivity contribution in [3.8, 4) is 11.6 Å². The van der Waals surface area contributed by atoms with Crippen molar-refractivity contribution in [3.05, 3.63) is 82.0 Å². The van der Waals surface area contributed by atoms with Crippen LogP contribution in [0.25, 0.3) is 0 Å². The second kappa shape index (κ2) is 15.9. The number of benzene rings is 2. The van der Waals surface area contributed by atoms with Gasteiger partial charge in [0.1, 0.15) is 27.3 Å². The molecule has 1 unspecified atom stereocenters. The van der Waals surface area contributed by atoms with Gasteiger partial charge < -0.3 is 23.8 Å². The summed E-state index contributed by atoms with van der Waals surface area (Å²) in [5.74, 6) is -1.72. The number of fused-ring (bicyclic) bond motifs is 4. The van der Waals surface area contributed by atoms with Crippen molar-refractivity contribution < 1.29 is 37.5 Å². The molecule has 56 heavy (non-hydrogen) atoms. The Labute approximate surface area is 333 Å². The number of halogens is 1. The van der Waals surface area contributed by atoms with Crippen molar-refractivity contribution in [2.24, 2.45) is 29.2 Å². The molecular weight excluding hydrogens is 758 g/mol. The van der Waals surface area contributed by atoms with Crippen LogP contribution in [0.1, 0.15) is 78.3 Å². The summed E-state index contributed by atoms with van der Waals surface area (Å²) in [5.41, 5.74) is 3.07. The van der Waals surface area contributed by atoms with Crippen LogP contribution in [0.2, 0.25) is 5.02 Å². The van der Waals surface area contributed by atoms with E-state index in [0.29, 0.717) is 30.5 Å². The summed E-state index contributed by atoms with van der Waals surface area (Å²) in [4.78, 5) is 42.9. The smallest absolute Gasteiger partial charge is 0.303 e. The molecule has 7 rings (SSSR count). The Balaban J connectivity index is 1.36. The maximum absolute atomic E-state index is 15.2. The first-order valence-corrected chi connectivity index (χ1v) is 21.1. The zero-order valence-corrected chi connectivity index (χ0v) is 34.2. The van der Waals surface area contributed by atoms with E-state index in [9.17, 15) is 14.4 Å². The lowest BCUT2D eigenvalue weighted by atomic mass is 9.68. The van der Waals surface area contributed by atoms with E-state index in [1.807, 2.05) is 12.1 Å². The van der Waals surface area contributed by atoms with E-state index in [1.165, 1.54) is 36.0 Å². The van der Waals surface area contributed by atoms with Crippen LogP contribution in [-0.4, -0.2) is 83.1 Å². The number of aryl methyl sites for hydroxylation is 2. The Morgan fingerprint density at radius 3 is 2.59 bits per heavy atom. The predicted molar refractivity (Wildman–Crippen MR) is 213 cm³/mol. The van der Waals surface area contributed by atoms with Gasteiger partial charge in [0.05, 0.1) is 30.8 Å². The number of nitrogens with zero attached hydrogens (tertiary/aromatic N) is 4. The molecule has 1 spiro atoms. The van der Waals surface area contributed by atoms with Crippen LogP contribution in [0.15, 0.2) is 59.1 Å². The van der Waals surface area contributed by atoms with E-state index < -0.39 is 45.0 Å². The van der Waals surface area contributed by atoms with Crippen molar-refractivity contribution in [1.82, 2.24) is 14.5 Å². The molecule has 4 aliphatic rings. The molecule has 1 fully saturated rings. The number of hydrogen-bond donors (Lipinski definition) is 1. The highest BCUT2D eigenvalue weighted by molar-refractivity contribution is 7.93. The lowest BCUT2D eigenvalue weighted by molar-refractivity contribution is -0.146. The minimum Gasteiger partial charge on any atom is -0.490 e. The summed E-state index contributed by atoms with van der Waals surface area (Å²) in [7, 11) is 0.734. The van der Waals surface area contributed by atoms with Crippen LogP contribution in [0.5, 0.6) is 11.6 Å². The molecular formula is C41H50ClN5O8S. The van der Waals surface area contributed by atoms with Gasteiger partial charge in [-0.1, -0.05) is 30.7 Å². The lowest BCUT2D eigenvalue weighted by Gasteiger charge is -2.46. The molecule has 2 amide bonds. The standard InChI is InChI=1S/C41H50ClN5O8S/c1-24-25(2)56(51,45-39(50)32-21-46(4)43-40(32)53-6)44-38(49)28-10-14-37-34(19-28)47(20-29-9-12-31(29)36(52-5)16-15-35(24)55-26(3)48)22-41(23-54-37)17-7-8-27-18-30(42)11-13-33(27)41/h10-11,13-16,18-19,21,24-25,29,31,35-36H,7-9,12,17,20,22-23H2,1-6H3,(H,44,45,49,50,51)/b16-15+/t24-,25-,29+,31-,35-,36+,41+,56?/m1/s1. The van der Waals surface area contributed by atoms with Gasteiger partial charge in [0, 0.05) is 62.3 Å². The summed E-state index contributed by atoms with van der Waals surface area (Å²) in [5, 5.41) is 3.86. The first-order valence-electron chi connectivity index (χ1n) is 19.1. The number of ether oxygens (including phenoxy) is 4. The molecule has 300 valence electrons. The third kappa shape index (κ3) is 7.67. The van der Waals surface area contributed by atoms with Crippen LogP contribution >= 0.6 is 11.6 Å². The average Bonchev–Trinajstić information content (AvgIpc) is 3.48. The van der Waals surface area contributed by atoms with Gasteiger partial charge in [0.15, 0.2) is 0 Å². The number of anilines is 1. The SMILES string of the molecule is COc1nn(C)cc1C(=O)NS1(=O)=NC(=O)c2ccc3c(c2)N(C[C@@H]2CC[C@H]2[C@@H](OC)/C=C/[C@@H](OC(C)=O)[C@H](C)[C@H]1C)C[C@@]1(CCCc2cc(Cl)ccc21)CO3. The Bertz CT molecular complexity index is 2180.